The van der Waals surface area contributed by atoms with Gasteiger partial charge in [-0.2, -0.15) is 0 Å². The number of nitrogens with zero attached hydrogens (tertiary/aromatic N) is 3. The molecule has 1 amide bonds. The smallest absolute Gasteiger partial charge is 0.341 e. The van der Waals surface area contributed by atoms with Gasteiger partial charge in [0, 0.05) is 23.0 Å². The van der Waals surface area contributed by atoms with Crippen LogP contribution in [0.15, 0.2) is 51.5 Å². The van der Waals surface area contributed by atoms with Crippen molar-refractivity contribution in [3.8, 4) is 22.5 Å². The maximum absolute atomic E-state index is 12.7. The number of rotatable bonds is 7. The van der Waals surface area contributed by atoms with Gasteiger partial charge < -0.3 is 19.0 Å². The second-order valence-corrected chi connectivity index (χ2v) is 9.20. The third-order valence-corrected chi connectivity index (χ3v) is 7.02. The van der Waals surface area contributed by atoms with Crippen LogP contribution in [-0.4, -0.2) is 39.5 Å². The number of benzene rings is 1. The number of nitrogens with one attached hydrogen (secondary N) is 1. The normalized spacial score (nSPS) is 10.9. The van der Waals surface area contributed by atoms with Gasteiger partial charge in [-0.15, -0.1) is 21.5 Å². The lowest BCUT2D eigenvalue weighted by Crippen LogP contribution is -2.16. The number of furan rings is 1. The molecule has 0 aliphatic heterocycles. The van der Waals surface area contributed by atoms with E-state index in [1.807, 2.05) is 32.2 Å². The monoisotopic (exact) mass is 502 g/mol. The van der Waals surface area contributed by atoms with E-state index >= 15 is 0 Å². The number of thioether (sulfide) groups is 1. The highest BCUT2D eigenvalue weighted by Crippen LogP contribution is 2.37. The molecule has 0 spiro atoms. The number of anilines is 1. The molecule has 170 valence electrons. The summed E-state index contributed by atoms with van der Waals surface area (Å²) in [6, 6.07) is 8.93. The lowest BCUT2D eigenvalue weighted by Gasteiger charge is -2.08. The predicted octanol–water partition coefficient (Wildman–Crippen LogP) is 5.28. The average Bonchev–Trinajstić information content (AvgIpc) is 3.51. The number of aryl methyl sites for hydroxylation is 1. The predicted molar refractivity (Wildman–Crippen MR) is 129 cm³/mol. The summed E-state index contributed by atoms with van der Waals surface area (Å²) in [5.74, 6) is 0.675. The summed E-state index contributed by atoms with van der Waals surface area (Å²) in [5, 5.41) is 14.6. The number of methoxy groups -OCH3 is 1. The van der Waals surface area contributed by atoms with E-state index in [0.29, 0.717) is 32.1 Å². The third-order valence-electron chi connectivity index (χ3n) is 4.86. The number of carbonyl (C=O) groups is 2. The minimum atomic E-state index is -0.530. The van der Waals surface area contributed by atoms with Crippen LogP contribution in [0.25, 0.3) is 22.5 Å². The summed E-state index contributed by atoms with van der Waals surface area (Å²) in [5.41, 5.74) is 2.61. The largest absolute Gasteiger partial charge is 0.469 e. The highest BCUT2D eigenvalue weighted by atomic mass is 35.5. The van der Waals surface area contributed by atoms with Crippen molar-refractivity contribution in [2.45, 2.75) is 12.1 Å². The molecule has 1 N–H and O–H groups in total. The van der Waals surface area contributed by atoms with E-state index in [1.54, 1.807) is 28.3 Å². The first-order valence-electron chi connectivity index (χ1n) is 9.71. The Morgan fingerprint density at radius 3 is 2.64 bits per heavy atom. The molecule has 3 heterocycles. The Morgan fingerprint density at radius 1 is 1.21 bits per heavy atom. The highest BCUT2D eigenvalue weighted by molar-refractivity contribution is 7.99. The van der Waals surface area contributed by atoms with Gasteiger partial charge in [0.1, 0.15) is 16.3 Å². The number of hydrogen-bond acceptors (Lipinski definition) is 8. The average molecular weight is 503 g/mol. The Labute approximate surface area is 202 Å². The molecule has 0 saturated heterocycles. The molecule has 3 aromatic heterocycles. The van der Waals surface area contributed by atoms with E-state index in [4.69, 9.17) is 20.8 Å². The standard InChI is InChI=1S/C22H19ClN4O4S2/c1-12-15(8-9-31-12)19-25-26-22(27(19)2)33-11-17(28)24-20-18(21(29)30-3)16(10-32-20)13-4-6-14(23)7-5-13/h4-10H,11H2,1-3H3,(H,24,28). The lowest BCUT2D eigenvalue weighted by molar-refractivity contribution is -0.113. The van der Waals surface area contributed by atoms with Crippen molar-refractivity contribution in [3.63, 3.8) is 0 Å². The van der Waals surface area contributed by atoms with E-state index in [9.17, 15) is 9.59 Å². The maximum Gasteiger partial charge on any atom is 0.341 e. The zero-order valence-corrected chi connectivity index (χ0v) is 20.3. The van der Waals surface area contributed by atoms with Crippen LogP contribution in [0.4, 0.5) is 5.00 Å². The van der Waals surface area contributed by atoms with Gasteiger partial charge in [-0.05, 0) is 30.7 Å². The molecule has 1 aromatic carbocycles. The van der Waals surface area contributed by atoms with Crippen molar-refractivity contribution >= 4 is 51.6 Å². The van der Waals surface area contributed by atoms with Crippen LogP contribution in [0.1, 0.15) is 16.1 Å². The molecule has 0 bridgehead atoms. The van der Waals surface area contributed by atoms with Crippen LogP contribution in [0, 0.1) is 6.92 Å². The van der Waals surface area contributed by atoms with Gasteiger partial charge in [-0.1, -0.05) is 35.5 Å². The van der Waals surface area contributed by atoms with Gasteiger partial charge in [0.2, 0.25) is 5.91 Å². The Bertz CT molecular complexity index is 1310. The van der Waals surface area contributed by atoms with E-state index in [2.05, 4.69) is 15.5 Å². The van der Waals surface area contributed by atoms with E-state index < -0.39 is 5.97 Å². The number of aromatic nitrogens is 3. The fourth-order valence-corrected chi connectivity index (χ4v) is 4.99. The molecule has 0 unspecified atom stereocenters. The Hall–Kier alpha value is -3.08. The molecule has 0 aliphatic carbocycles. The quantitative estimate of drug-likeness (QED) is 0.271. The number of ether oxygens (including phenoxy) is 1. The molecular weight excluding hydrogens is 484 g/mol. The number of hydrogen-bond donors (Lipinski definition) is 1. The maximum atomic E-state index is 12.7. The second kappa shape index (κ2) is 9.82. The van der Waals surface area contributed by atoms with Crippen LogP contribution in [0.5, 0.6) is 0 Å². The van der Waals surface area contributed by atoms with Crippen molar-refractivity contribution in [2.24, 2.45) is 7.05 Å². The van der Waals surface area contributed by atoms with Crippen molar-refractivity contribution in [1.29, 1.82) is 0 Å². The molecule has 0 radical (unpaired) electrons. The lowest BCUT2D eigenvalue weighted by atomic mass is 10.0. The first-order chi connectivity index (χ1) is 15.9. The molecule has 0 fully saturated rings. The molecule has 11 heteroatoms. The number of amides is 1. The first-order valence-corrected chi connectivity index (χ1v) is 12.0. The summed E-state index contributed by atoms with van der Waals surface area (Å²) >= 11 is 8.47. The number of esters is 1. The van der Waals surface area contributed by atoms with Crippen LogP contribution >= 0.6 is 34.7 Å². The molecule has 0 atom stereocenters. The van der Waals surface area contributed by atoms with Crippen molar-refractivity contribution in [3.05, 3.63) is 58.3 Å². The molecule has 0 aliphatic rings. The molecule has 4 aromatic rings. The van der Waals surface area contributed by atoms with Crippen LogP contribution in [-0.2, 0) is 16.6 Å². The van der Waals surface area contributed by atoms with Gasteiger partial charge in [0.25, 0.3) is 0 Å². The summed E-state index contributed by atoms with van der Waals surface area (Å²) in [4.78, 5) is 25.2. The topological polar surface area (TPSA) is 99.2 Å². The van der Waals surface area contributed by atoms with Gasteiger partial charge in [0.05, 0.1) is 24.7 Å². The summed E-state index contributed by atoms with van der Waals surface area (Å²) in [7, 11) is 3.13. The Balaban J connectivity index is 1.49. The van der Waals surface area contributed by atoms with Crippen molar-refractivity contribution in [1.82, 2.24) is 14.8 Å². The van der Waals surface area contributed by atoms with Crippen LogP contribution in [0.3, 0.4) is 0 Å². The second-order valence-electron chi connectivity index (χ2n) is 6.94. The SMILES string of the molecule is COC(=O)c1c(-c2ccc(Cl)cc2)csc1NC(=O)CSc1nnc(-c2ccoc2C)n1C. The summed E-state index contributed by atoms with van der Waals surface area (Å²) < 4.78 is 12.1. The van der Waals surface area contributed by atoms with Gasteiger partial charge >= 0.3 is 5.97 Å². The van der Waals surface area contributed by atoms with Crippen LogP contribution < -0.4 is 5.32 Å². The van der Waals surface area contributed by atoms with E-state index in [-0.39, 0.29) is 11.7 Å². The molecule has 4 rings (SSSR count). The Kier molecular flexibility index (Phi) is 6.87. The van der Waals surface area contributed by atoms with E-state index in [1.165, 1.54) is 30.2 Å². The molecule has 33 heavy (non-hydrogen) atoms. The van der Waals surface area contributed by atoms with Gasteiger partial charge in [-0.25, -0.2) is 4.79 Å². The minimum absolute atomic E-state index is 0.0884. The van der Waals surface area contributed by atoms with Crippen LogP contribution in [0.2, 0.25) is 5.02 Å². The molecule has 0 saturated carbocycles. The summed E-state index contributed by atoms with van der Waals surface area (Å²) in [6.07, 6.45) is 1.60. The van der Waals surface area contributed by atoms with Gasteiger partial charge in [-0.3, -0.25) is 4.79 Å². The number of carbonyl (C=O) groups excluding carboxylic acids is 2. The minimum Gasteiger partial charge on any atom is -0.469 e. The number of thiophene rings is 1. The first kappa shape index (κ1) is 23.1. The van der Waals surface area contributed by atoms with E-state index in [0.717, 1.165) is 16.9 Å². The van der Waals surface area contributed by atoms with Gasteiger partial charge in [0.15, 0.2) is 11.0 Å². The number of halogens is 1. The molecular formula is C22H19ClN4O4S2. The highest BCUT2D eigenvalue weighted by Gasteiger charge is 2.23. The Morgan fingerprint density at radius 2 is 1.97 bits per heavy atom. The third kappa shape index (κ3) is 4.82. The zero-order chi connectivity index (χ0) is 23.5. The zero-order valence-electron chi connectivity index (χ0n) is 17.9. The van der Waals surface area contributed by atoms with Crippen molar-refractivity contribution in [2.75, 3.05) is 18.2 Å². The fourth-order valence-electron chi connectivity index (χ4n) is 3.18. The summed E-state index contributed by atoms with van der Waals surface area (Å²) in [6.45, 7) is 1.85. The van der Waals surface area contributed by atoms with Crippen molar-refractivity contribution < 1.29 is 18.7 Å². The molecule has 8 nitrogen and oxygen atoms in total. The fraction of sp³-hybridized carbons (Fsp3) is 0.182.